The Hall–Kier alpha value is -3.44. The molecule has 0 bridgehead atoms. The molecule has 0 spiro atoms. The van der Waals surface area contributed by atoms with Gasteiger partial charge >= 0.3 is 0 Å². The number of thiophene rings is 1. The molecule has 5 rings (SSSR count). The lowest BCUT2D eigenvalue weighted by molar-refractivity contribution is 0.102. The van der Waals surface area contributed by atoms with Gasteiger partial charge in [0.1, 0.15) is 0 Å². The number of fused-ring (bicyclic) bond motifs is 2. The standard InChI is InChI=1S/C27H25N3OS/c1-3-30(4-2)22-11-9-18(10-12-22)27(31)29-21-13-20-16-28-17-24(20)23(15-21)26-14-19-7-5-6-8-25(19)32-26/h5-16H,3-4,17H2,1-2H3,(H,29,31). The summed E-state index contributed by atoms with van der Waals surface area (Å²) in [5, 5.41) is 4.34. The number of anilines is 2. The summed E-state index contributed by atoms with van der Waals surface area (Å²) < 4.78 is 1.26. The van der Waals surface area contributed by atoms with Crippen molar-refractivity contribution >= 4 is 44.9 Å². The number of amides is 1. The fourth-order valence-electron chi connectivity index (χ4n) is 4.24. The SMILES string of the molecule is CCN(CC)c1ccc(C(=O)Nc2cc3c(c(-c4cc5ccccc5s4)c2)CN=C3)cc1. The third kappa shape index (κ3) is 3.80. The van der Waals surface area contributed by atoms with Crippen LogP contribution >= 0.6 is 11.3 Å². The van der Waals surface area contributed by atoms with Gasteiger partial charge in [0.05, 0.1) is 6.54 Å². The van der Waals surface area contributed by atoms with Crippen molar-refractivity contribution in [2.45, 2.75) is 20.4 Å². The molecule has 1 amide bonds. The average Bonchev–Trinajstić information content (AvgIpc) is 3.46. The van der Waals surface area contributed by atoms with Crippen molar-refractivity contribution in [2.24, 2.45) is 4.99 Å². The highest BCUT2D eigenvalue weighted by atomic mass is 32.1. The monoisotopic (exact) mass is 439 g/mol. The number of carbonyl (C=O) groups is 1. The van der Waals surface area contributed by atoms with Crippen LogP contribution in [0.25, 0.3) is 20.5 Å². The van der Waals surface area contributed by atoms with E-state index in [0.717, 1.165) is 35.6 Å². The Balaban J connectivity index is 1.45. The van der Waals surface area contributed by atoms with Gasteiger partial charge in [-0.2, -0.15) is 0 Å². The van der Waals surface area contributed by atoms with Crippen LogP contribution in [-0.4, -0.2) is 25.2 Å². The van der Waals surface area contributed by atoms with Crippen molar-refractivity contribution in [3.63, 3.8) is 0 Å². The lowest BCUT2D eigenvalue weighted by atomic mass is 10.00. The molecule has 3 aromatic carbocycles. The first kappa shape index (κ1) is 20.5. The molecule has 4 nitrogen and oxygen atoms in total. The first-order valence-electron chi connectivity index (χ1n) is 11.0. The highest BCUT2D eigenvalue weighted by Crippen LogP contribution is 2.39. The van der Waals surface area contributed by atoms with E-state index in [-0.39, 0.29) is 5.91 Å². The molecule has 0 atom stereocenters. The Labute approximate surface area is 192 Å². The molecule has 0 saturated carbocycles. The topological polar surface area (TPSA) is 44.7 Å². The van der Waals surface area contributed by atoms with Crippen LogP contribution in [-0.2, 0) is 6.54 Å². The average molecular weight is 440 g/mol. The minimum atomic E-state index is -0.103. The lowest BCUT2D eigenvalue weighted by Crippen LogP contribution is -2.21. The predicted molar refractivity (Wildman–Crippen MR) is 137 cm³/mol. The van der Waals surface area contributed by atoms with Gasteiger partial charge in [-0.1, -0.05) is 18.2 Å². The Kier molecular flexibility index (Phi) is 5.50. The van der Waals surface area contributed by atoms with Gasteiger partial charge in [-0.05, 0) is 78.9 Å². The molecule has 0 saturated heterocycles. The quantitative estimate of drug-likeness (QED) is 0.368. The third-order valence-corrected chi connectivity index (χ3v) is 7.12. The van der Waals surface area contributed by atoms with Gasteiger partial charge in [-0.25, -0.2) is 0 Å². The fraction of sp³-hybridized carbons (Fsp3) is 0.185. The zero-order chi connectivity index (χ0) is 22.1. The second kappa shape index (κ2) is 8.60. The number of carbonyl (C=O) groups excluding carboxylic acids is 1. The van der Waals surface area contributed by atoms with Gasteiger partial charge in [0.25, 0.3) is 5.91 Å². The van der Waals surface area contributed by atoms with Crippen molar-refractivity contribution < 1.29 is 4.79 Å². The van der Waals surface area contributed by atoms with Crippen LogP contribution in [0.4, 0.5) is 11.4 Å². The summed E-state index contributed by atoms with van der Waals surface area (Å²) in [4.78, 5) is 20.9. The number of benzene rings is 3. The van der Waals surface area contributed by atoms with Crippen LogP contribution in [0, 0.1) is 0 Å². The van der Waals surface area contributed by atoms with Gasteiger partial charge in [0.2, 0.25) is 0 Å². The van der Waals surface area contributed by atoms with Crippen LogP contribution in [0.2, 0.25) is 0 Å². The first-order valence-corrected chi connectivity index (χ1v) is 11.8. The second-order valence-electron chi connectivity index (χ2n) is 7.88. The predicted octanol–water partition coefficient (Wildman–Crippen LogP) is 6.60. The van der Waals surface area contributed by atoms with Gasteiger partial charge in [-0.3, -0.25) is 9.79 Å². The molecule has 4 aromatic rings. The maximum Gasteiger partial charge on any atom is 0.255 e. The summed E-state index contributed by atoms with van der Waals surface area (Å²) in [6.07, 6.45) is 1.90. The van der Waals surface area contributed by atoms with Crippen molar-refractivity contribution in [1.82, 2.24) is 0 Å². The van der Waals surface area contributed by atoms with Gasteiger partial charge in [0, 0.05) is 51.4 Å². The number of nitrogens with one attached hydrogen (secondary N) is 1. The van der Waals surface area contributed by atoms with E-state index in [1.54, 1.807) is 11.3 Å². The van der Waals surface area contributed by atoms with Crippen molar-refractivity contribution in [3.8, 4) is 10.4 Å². The normalized spacial score (nSPS) is 12.2. The number of aliphatic imine (C=N–C) groups is 1. The summed E-state index contributed by atoms with van der Waals surface area (Å²) in [5.41, 5.74) is 6.02. The molecule has 2 heterocycles. The van der Waals surface area contributed by atoms with E-state index >= 15 is 0 Å². The molecule has 0 aliphatic carbocycles. The Morgan fingerprint density at radius 2 is 1.81 bits per heavy atom. The van der Waals surface area contributed by atoms with E-state index in [0.29, 0.717) is 12.1 Å². The van der Waals surface area contributed by atoms with Gasteiger partial charge in [-0.15, -0.1) is 11.3 Å². The molecule has 32 heavy (non-hydrogen) atoms. The number of hydrogen-bond acceptors (Lipinski definition) is 4. The minimum absolute atomic E-state index is 0.103. The van der Waals surface area contributed by atoms with Crippen molar-refractivity contribution in [2.75, 3.05) is 23.3 Å². The molecule has 0 fully saturated rings. The van der Waals surface area contributed by atoms with E-state index in [1.165, 1.54) is 20.5 Å². The zero-order valence-electron chi connectivity index (χ0n) is 18.3. The van der Waals surface area contributed by atoms with E-state index < -0.39 is 0 Å². The van der Waals surface area contributed by atoms with Crippen LogP contribution in [0.1, 0.15) is 35.3 Å². The van der Waals surface area contributed by atoms with E-state index in [1.807, 2.05) is 36.5 Å². The molecule has 1 N–H and O–H groups in total. The maximum absolute atomic E-state index is 13.0. The fourth-order valence-corrected chi connectivity index (χ4v) is 5.35. The third-order valence-electron chi connectivity index (χ3n) is 5.97. The number of rotatable bonds is 6. The summed E-state index contributed by atoms with van der Waals surface area (Å²) in [5.74, 6) is -0.103. The molecule has 0 radical (unpaired) electrons. The smallest absolute Gasteiger partial charge is 0.255 e. The van der Waals surface area contributed by atoms with E-state index in [2.05, 4.69) is 65.5 Å². The summed E-state index contributed by atoms with van der Waals surface area (Å²) >= 11 is 1.78. The van der Waals surface area contributed by atoms with Gasteiger partial charge in [0.15, 0.2) is 0 Å². The Morgan fingerprint density at radius 3 is 2.56 bits per heavy atom. The number of hydrogen-bond donors (Lipinski definition) is 1. The molecule has 0 unspecified atom stereocenters. The van der Waals surface area contributed by atoms with E-state index in [4.69, 9.17) is 0 Å². The molecule has 160 valence electrons. The lowest BCUT2D eigenvalue weighted by Gasteiger charge is -2.21. The molecule has 5 heteroatoms. The zero-order valence-corrected chi connectivity index (χ0v) is 19.1. The van der Waals surface area contributed by atoms with Crippen molar-refractivity contribution in [3.05, 3.63) is 83.4 Å². The summed E-state index contributed by atoms with van der Waals surface area (Å²) in [6.45, 7) is 6.84. The molecular weight excluding hydrogens is 414 g/mol. The van der Waals surface area contributed by atoms with Crippen LogP contribution in [0.15, 0.2) is 71.7 Å². The first-order chi connectivity index (χ1) is 15.7. The summed E-state index contributed by atoms with van der Waals surface area (Å²) in [7, 11) is 0. The van der Waals surface area contributed by atoms with Crippen LogP contribution in [0.3, 0.4) is 0 Å². The molecular formula is C27H25N3OS. The molecule has 1 aromatic heterocycles. The minimum Gasteiger partial charge on any atom is -0.372 e. The Morgan fingerprint density at radius 1 is 1.03 bits per heavy atom. The molecule has 1 aliphatic rings. The summed E-state index contributed by atoms with van der Waals surface area (Å²) in [6, 6.07) is 22.6. The highest BCUT2D eigenvalue weighted by Gasteiger charge is 2.18. The van der Waals surface area contributed by atoms with Crippen LogP contribution in [0.5, 0.6) is 0 Å². The molecule has 1 aliphatic heterocycles. The van der Waals surface area contributed by atoms with Crippen molar-refractivity contribution in [1.29, 1.82) is 0 Å². The van der Waals surface area contributed by atoms with E-state index in [9.17, 15) is 4.79 Å². The Bertz CT molecular complexity index is 1280. The second-order valence-corrected chi connectivity index (χ2v) is 8.97. The highest BCUT2D eigenvalue weighted by molar-refractivity contribution is 7.22. The maximum atomic E-state index is 13.0. The number of nitrogens with zero attached hydrogens (tertiary/aromatic N) is 2. The largest absolute Gasteiger partial charge is 0.372 e. The van der Waals surface area contributed by atoms with Crippen LogP contribution < -0.4 is 10.2 Å². The van der Waals surface area contributed by atoms with Gasteiger partial charge < -0.3 is 10.2 Å².